The number of nitrogens with zero attached hydrogens (tertiary/aromatic N) is 1. The van der Waals surface area contributed by atoms with Crippen LogP contribution in [0, 0.1) is 5.92 Å². The Hall–Kier alpha value is -3.55. The zero-order valence-electron chi connectivity index (χ0n) is 19.6. The van der Waals surface area contributed by atoms with Crippen molar-refractivity contribution in [3.63, 3.8) is 0 Å². The molecule has 1 fully saturated rings. The Balaban J connectivity index is 1.45. The number of carboxylic acid groups (broad SMARTS) is 1. The molecule has 2 amide bonds. The van der Waals surface area contributed by atoms with Crippen molar-refractivity contribution in [3.05, 3.63) is 59.7 Å². The molecule has 1 heterocycles. The molecule has 2 unspecified atom stereocenters. The molecule has 2 N–H and O–H groups in total. The van der Waals surface area contributed by atoms with Gasteiger partial charge in [0, 0.05) is 12.5 Å². The third-order valence-electron chi connectivity index (χ3n) is 6.21. The molecule has 0 aromatic heterocycles. The summed E-state index contributed by atoms with van der Waals surface area (Å²) in [5.41, 5.74) is 3.72. The summed E-state index contributed by atoms with van der Waals surface area (Å²) >= 11 is 0. The van der Waals surface area contributed by atoms with Gasteiger partial charge in [0.05, 0.1) is 5.92 Å². The summed E-state index contributed by atoms with van der Waals surface area (Å²) in [6.07, 6.45) is -1.76. The molecule has 0 bridgehead atoms. The van der Waals surface area contributed by atoms with E-state index in [1.165, 1.54) is 4.90 Å². The zero-order chi connectivity index (χ0) is 24.5. The van der Waals surface area contributed by atoms with Crippen LogP contribution in [0.4, 0.5) is 9.59 Å². The lowest BCUT2D eigenvalue weighted by Gasteiger charge is -2.38. The van der Waals surface area contributed by atoms with E-state index < -0.39 is 35.8 Å². The highest BCUT2D eigenvalue weighted by Crippen LogP contribution is 2.44. The minimum Gasteiger partial charge on any atom is -0.481 e. The monoisotopic (exact) mass is 466 g/mol. The van der Waals surface area contributed by atoms with Gasteiger partial charge in [0.2, 0.25) is 0 Å². The van der Waals surface area contributed by atoms with E-state index in [1.54, 1.807) is 20.8 Å². The molecule has 8 nitrogen and oxygen atoms in total. The van der Waals surface area contributed by atoms with Crippen LogP contribution in [0.1, 0.15) is 50.7 Å². The van der Waals surface area contributed by atoms with E-state index in [9.17, 15) is 19.5 Å². The first-order valence-corrected chi connectivity index (χ1v) is 11.5. The molecular weight excluding hydrogens is 436 g/mol. The van der Waals surface area contributed by atoms with E-state index in [2.05, 4.69) is 17.4 Å². The van der Waals surface area contributed by atoms with Crippen LogP contribution in [0.25, 0.3) is 11.1 Å². The summed E-state index contributed by atoms with van der Waals surface area (Å²) < 4.78 is 11.0. The van der Waals surface area contributed by atoms with E-state index in [-0.39, 0.29) is 31.9 Å². The molecule has 4 rings (SSSR count). The lowest BCUT2D eigenvalue weighted by Crippen LogP contribution is -2.56. The average Bonchev–Trinajstić information content (AvgIpc) is 3.10. The first-order chi connectivity index (χ1) is 16.1. The zero-order valence-corrected chi connectivity index (χ0v) is 19.6. The number of likely N-dealkylation sites (tertiary alicyclic amines) is 1. The normalized spacial score (nSPS) is 19.7. The van der Waals surface area contributed by atoms with Crippen molar-refractivity contribution < 1.29 is 29.0 Å². The number of amides is 2. The third-order valence-corrected chi connectivity index (χ3v) is 6.21. The van der Waals surface area contributed by atoms with Gasteiger partial charge in [-0.25, -0.2) is 9.59 Å². The number of alkyl carbamates (subject to hydrolysis) is 1. The number of piperidine rings is 1. The molecule has 2 aliphatic rings. The first kappa shape index (κ1) is 23.6. The highest BCUT2D eigenvalue weighted by molar-refractivity contribution is 5.79. The van der Waals surface area contributed by atoms with E-state index in [1.807, 2.05) is 36.4 Å². The van der Waals surface area contributed by atoms with E-state index >= 15 is 0 Å². The average molecular weight is 467 g/mol. The van der Waals surface area contributed by atoms with Crippen LogP contribution in [-0.2, 0) is 14.3 Å². The van der Waals surface area contributed by atoms with Crippen molar-refractivity contribution in [1.29, 1.82) is 0 Å². The largest absolute Gasteiger partial charge is 0.481 e. The number of aliphatic carboxylic acids is 1. The number of carboxylic acids is 1. The number of benzene rings is 2. The van der Waals surface area contributed by atoms with Crippen LogP contribution in [0.2, 0.25) is 0 Å². The Kier molecular flexibility index (Phi) is 6.50. The van der Waals surface area contributed by atoms with Gasteiger partial charge in [0.1, 0.15) is 18.4 Å². The van der Waals surface area contributed by atoms with E-state index in [4.69, 9.17) is 9.47 Å². The first-order valence-electron chi connectivity index (χ1n) is 11.5. The van der Waals surface area contributed by atoms with Gasteiger partial charge >= 0.3 is 18.2 Å². The minimum absolute atomic E-state index is 0.0821. The maximum Gasteiger partial charge on any atom is 0.411 e. The van der Waals surface area contributed by atoms with Crippen molar-refractivity contribution in [2.45, 2.75) is 51.3 Å². The Morgan fingerprint density at radius 2 is 1.62 bits per heavy atom. The number of hydrogen-bond donors (Lipinski definition) is 2. The minimum atomic E-state index is -0.955. The third kappa shape index (κ3) is 5.00. The van der Waals surface area contributed by atoms with Gasteiger partial charge in [-0.1, -0.05) is 48.5 Å². The number of carbonyl (C=O) groups excluding carboxylic acids is 2. The van der Waals surface area contributed by atoms with E-state index in [0.29, 0.717) is 0 Å². The summed E-state index contributed by atoms with van der Waals surface area (Å²) in [5, 5.41) is 12.1. The quantitative estimate of drug-likeness (QED) is 0.683. The molecule has 34 heavy (non-hydrogen) atoms. The van der Waals surface area contributed by atoms with Crippen molar-refractivity contribution >= 4 is 18.2 Å². The van der Waals surface area contributed by atoms with Gasteiger partial charge in [-0.15, -0.1) is 0 Å². The predicted molar refractivity (Wildman–Crippen MR) is 125 cm³/mol. The summed E-state index contributed by atoms with van der Waals surface area (Å²) in [4.78, 5) is 38.4. The van der Waals surface area contributed by atoms with Gasteiger partial charge in [-0.05, 0) is 55.9 Å². The van der Waals surface area contributed by atoms with E-state index in [0.717, 1.165) is 22.3 Å². The highest BCUT2D eigenvalue weighted by atomic mass is 16.6. The topological polar surface area (TPSA) is 105 Å². The Morgan fingerprint density at radius 1 is 1.03 bits per heavy atom. The van der Waals surface area contributed by atoms with Crippen LogP contribution in [0.15, 0.2) is 48.5 Å². The molecule has 180 valence electrons. The highest BCUT2D eigenvalue weighted by Gasteiger charge is 2.38. The number of nitrogens with one attached hydrogen (secondary N) is 1. The van der Waals surface area contributed by atoms with Crippen molar-refractivity contribution in [3.8, 4) is 11.1 Å². The number of carbonyl (C=O) groups is 3. The van der Waals surface area contributed by atoms with Gasteiger partial charge in [-0.2, -0.15) is 0 Å². The van der Waals surface area contributed by atoms with Crippen molar-refractivity contribution in [2.75, 3.05) is 13.2 Å². The molecule has 8 heteroatoms. The van der Waals surface area contributed by atoms with Crippen molar-refractivity contribution in [2.24, 2.45) is 5.92 Å². The summed E-state index contributed by atoms with van der Waals surface area (Å²) in [6, 6.07) is 16.1. The Labute approximate surface area is 198 Å². The molecule has 0 saturated carbocycles. The molecule has 1 saturated heterocycles. The van der Waals surface area contributed by atoms with Gasteiger partial charge in [-0.3, -0.25) is 9.69 Å². The number of ether oxygens (including phenoxy) is 2. The fourth-order valence-corrected chi connectivity index (χ4v) is 4.64. The lowest BCUT2D eigenvalue weighted by atomic mass is 9.95. The molecule has 2 aromatic carbocycles. The smallest absolute Gasteiger partial charge is 0.411 e. The Bertz CT molecular complexity index is 1050. The Morgan fingerprint density at radius 3 is 2.18 bits per heavy atom. The molecule has 1 aliphatic carbocycles. The molecule has 0 spiro atoms. The van der Waals surface area contributed by atoms with Crippen LogP contribution < -0.4 is 5.32 Å². The SMILES string of the molecule is CC(C)(C)OC(=O)N1CCC(C(=O)O)CC1NC(=O)OCC1c2ccccc2-c2ccccc21. The van der Waals surface area contributed by atoms with Gasteiger partial charge in [0.15, 0.2) is 0 Å². The van der Waals surface area contributed by atoms with Crippen LogP contribution >= 0.6 is 0 Å². The standard InChI is InChI=1S/C26H30N2O6/c1-26(2,3)34-25(32)28-13-12-16(23(29)30)14-22(28)27-24(31)33-15-21-19-10-6-4-8-17(19)18-9-5-7-11-20(18)21/h4-11,16,21-22H,12-15H2,1-3H3,(H,27,31)(H,29,30). The summed E-state index contributed by atoms with van der Waals surface area (Å²) in [6.45, 7) is 5.55. The number of fused-ring (bicyclic) bond motifs is 3. The molecule has 1 aliphatic heterocycles. The maximum atomic E-state index is 12.8. The second-order valence-electron chi connectivity index (χ2n) is 9.72. The lowest BCUT2D eigenvalue weighted by molar-refractivity contribution is -0.144. The fraction of sp³-hybridized carbons (Fsp3) is 0.423. The van der Waals surface area contributed by atoms with Crippen LogP contribution in [0.3, 0.4) is 0 Å². The van der Waals surface area contributed by atoms with Crippen LogP contribution in [-0.4, -0.2) is 53.1 Å². The predicted octanol–water partition coefficient (Wildman–Crippen LogP) is 4.58. The number of hydrogen-bond acceptors (Lipinski definition) is 5. The fourth-order valence-electron chi connectivity index (χ4n) is 4.64. The van der Waals surface area contributed by atoms with Crippen LogP contribution in [0.5, 0.6) is 0 Å². The molecule has 2 atom stereocenters. The second kappa shape index (κ2) is 9.37. The summed E-state index contributed by atoms with van der Waals surface area (Å²) in [7, 11) is 0. The molecule has 2 aromatic rings. The second-order valence-corrected chi connectivity index (χ2v) is 9.72. The van der Waals surface area contributed by atoms with Crippen molar-refractivity contribution in [1.82, 2.24) is 10.2 Å². The van der Waals surface area contributed by atoms with Gasteiger partial charge in [0.25, 0.3) is 0 Å². The molecular formula is C26H30N2O6. The van der Waals surface area contributed by atoms with Gasteiger partial charge < -0.3 is 19.9 Å². The number of rotatable bonds is 4. The molecule has 0 radical (unpaired) electrons. The maximum absolute atomic E-state index is 12.8. The summed E-state index contributed by atoms with van der Waals surface area (Å²) in [5.74, 6) is -1.72.